The Labute approximate surface area is 207 Å². The second-order valence-corrected chi connectivity index (χ2v) is 8.44. The smallest absolute Gasteiger partial charge is 0.323 e. The molecule has 0 aromatic heterocycles. The number of urea groups is 3. The fourth-order valence-electron chi connectivity index (χ4n) is 2.84. The molecule has 0 saturated heterocycles. The molecule has 0 saturated carbocycles. The summed E-state index contributed by atoms with van der Waals surface area (Å²) in [6.07, 6.45) is 0. The molecule has 0 bridgehead atoms. The molecular formula is C23H30N8O5. The van der Waals surface area contributed by atoms with E-state index in [0.29, 0.717) is 11.4 Å². The summed E-state index contributed by atoms with van der Waals surface area (Å²) in [5, 5.41) is 15.3. The van der Waals surface area contributed by atoms with Gasteiger partial charge in [0, 0.05) is 46.0 Å². The van der Waals surface area contributed by atoms with Crippen LogP contribution in [-0.4, -0.2) is 29.9 Å². The number of nitrogens with two attached hydrogens (primary N) is 2. The van der Waals surface area contributed by atoms with Crippen molar-refractivity contribution in [2.45, 2.75) is 27.7 Å². The minimum atomic E-state index is -0.826. The van der Waals surface area contributed by atoms with E-state index in [2.05, 4.69) is 31.9 Å². The van der Waals surface area contributed by atoms with Gasteiger partial charge in [0.05, 0.1) is 0 Å². The van der Waals surface area contributed by atoms with Gasteiger partial charge in [0.2, 0.25) is 11.8 Å². The van der Waals surface area contributed by atoms with E-state index in [1.807, 2.05) is 0 Å². The van der Waals surface area contributed by atoms with Gasteiger partial charge in [-0.25, -0.2) is 14.4 Å². The van der Waals surface area contributed by atoms with Crippen molar-refractivity contribution in [2.24, 2.45) is 23.3 Å². The lowest BCUT2D eigenvalue weighted by Gasteiger charge is -2.15. The highest BCUT2D eigenvalue weighted by Gasteiger charge is 2.13. The van der Waals surface area contributed by atoms with Crippen LogP contribution in [0.1, 0.15) is 27.7 Å². The molecule has 2 aromatic rings. The van der Waals surface area contributed by atoms with Crippen LogP contribution in [0.4, 0.5) is 48.5 Å². The highest BCUT2D eigenvalue weighted by atomic mass is 16.2. The van der Waals surface area contributed by atoms with Crippen LogP contribution in [0.5, 0.6) is 0 Å². The summed E-state index contributed by atoms with van der Waals surface area (Å²) in [6, 6.07) is 6.48. The Kier molecular flexibility index (Phi) is 9.19. The predicted molar refractivity (Wildman–Crippen MR) is 139 cm³/mol. The van der Waals surface area contributed by atoms with E-state index in [1.165, 1.54) is 36.4 Å². The number of benzene rings is 2. The molecule has 0 aliphatic carbocycles. The van der Waals surface area contributed by atoms with Gasteiger partial charge in [-0.05, 0) is 36.4 Å². The van der Waals surface area contributed by atoms with Crippen LogP contribution < -0.4 is 43.4 Å². The lowest BCUT2D eigenvalue weighted by atomic mass is 10.2. The molecule has 0 radical (unpaired) electrons. The Morgan fingerprint density at radius 1 is 0.500 bits per heavy atom. The molecule has 0 atom stereocenters. The third kappa shape index (κ3) is 8.85. The molecule has 36 heavy (non-hydrogen) atoms. The summed E-state index contributed by atoms with van der Waals surface area (Å²) in [5.74, 6) is -1.14. The summed E-state index contributed by atoms with van der Waals surface area (Å²) >= 11 is 0. The number of carbonyl (C=O) groups excluding carboxylic acids is 5. The van der Waals surface area contributed by atoms with Gasteiger partial charge in [0.25, 0.3) is 0 Å². The number of carbonyl (C=O) groups is 5. The predicted octanol–water partition coefficient (Wildman–Crippen LogP) is 3.50. The molecule has 2 rings (SSSR count). The Morgan fingerprint density at radius 3 is 1.00 bits per heavy atom. The van der Waals surface area contributed by atoms with Crippen molar-refractivity contribution in [3.05, 3.63) is 36.4 Å². The largest absolute Gasteiger partial charge is 0.351 e. The molecule has 0 aliphatic heterocycles. The zero-order valence-electron chi connectivity index (χ0n) is 20.3. The fourth-order valence-corrected chi connectivity index (χ4v) is 2.84. The van der Waals surface area contributed by atoms with E-state index < -0.39 is 18.1 Å². The lowest BCUT2D eigenvalue weighted by molar-refractivity contribution is -0.119. The second kappa shape index (κ2) is 12.1. The van der Waals surface area contributed by atoms with Gasteiger partial charge in [-0.15, -0.1) is 0 Å². The molecule has 0 unspecified atom stereocenters. The Morgan fingerprint density at radius 2 is 0.750 bits per heavy atom. The van der Waals surface area contributed by atoms with E-state index in [-0.39, 0.29) is 46.4 Å². The molecule has 0 aliphatic rings. The fraction of sp³-hybridized carbons (Fsp3) is 0.261. The third-order valence-corrected chi connectivity index (χ3v) is 4.50. The van der Waals surface area contributed by atoms with Gasteiger partial charge in [-0.3, -0.25) is 9.59 Å². The van der Waals surface area contributed by atoms with Crippen molar-refractivity contribution in [1.29, 1.82) is 0 Å². The molecule has 8 amide bonds. The van der Waals surface area contributed by atoms with Crippen LogP contribution in [-0.2, 0) is 9.59 Å². The third-order valence-electron chi connectivity index (χ3n) is 4.50. The van der Waals surface area contributed by atoms with Crippen LogP contribution >= 0.6 is 0 Å². The van der Waals surface area contributed by atoms with Crippen molar-refractivity contribution < 1.29 is 24.0 Å². The number of nitrogens with one attached hydrogen (secondary N) is 6. The van der Waals surface area contributed by atoms with Gasteiger partial charge < -0.3 is 43.4 Å². The topological polar surface area (TPSA) is 210 Å². The average Bonchev–Trinajstić information content (AvgIpc) is 2.71. The van der Waals surface area contributed by atoms with Crippen LogP contribution in [0.25, 0.3) is 0 Å². The Hall–Kier alpha value is -4.81. The maximum Gasteiger partial charge on any atom is 0.323 e. The van der Waals surface area contributed by atoms with Crippen LogP contribution in [0, 0.1) is 11.8 Å². The SMILES string of the molecule is CC(C)C(=O)Nc1cc(NC(N)=O)cc(NC(=O)Nc2cc(NC(N)=O)cc(NC(=O)C(C)C)c2)c1. The van der Waals surface area contributed by atoms with Gasteiger partial charge in [0.1, 0.15) is 0 Å². The molecule has 0 heterocycles. The summed E-state index contributed by atoms with van der Waals surface area (Å²) in [7, 11) is 0. The quantitative estimate of drug-likeness (QED) is 0.274. The second-order valence-electron chi connectivity index (χ2n) is 8.44. The number of amides is 8. The maximum atomic E-state index is 12.7. The first-order valence-corrected chi connectivity index (χ1v) is 10.9. The molecule has 0 fully saturated rings. The normalized spacial score (nSPS) is 10.4. The average molecular weight is 499 g/mol. The lowest BCUT2D eigenvalue weighted by Crippen LogP contribution is -2.23. The molecule has 192 valence electrons. The first-order valence-electron chi connectivity index (χ1n) is 10.9. The number of rotatable bonds is 8. The summed E-state index contributed by atoms with van der Waals surface area (Å²) < 4.78 is 0. The van der Waals surface area contributed by atoms with E-state index in [0.717, 1.165) is 0 Å². The molecule has 13 nitrogen and oxygen atoms in total. The van der Waals surface area contributed by atoms with Crippen LogP contribution in [0.3, 0.4) is 0 Å². The van der Waals surface area contributed by atoms with Crippen LogP contribution in [0.2, 0.25) is 0 Å². The van der Waals surface area contributed by atoms with Crippen molar-refractivity contribution in [3.63, 3.8) is 0 Å². The zero-order chi connectivity index (χ0) is 27.0. The number of primary amides is 2. The van der Waals surface area contributed by atoms with E-state index in [1.54, 1.807) is 27.7 Å². The highest BCUT2D eigenvalue weighted by molar-refractivity contribution is 6.03. The van der Waals surface area contributed by atoms with Crippen molar-refractivity contribution in [1.82, 2.24) is 0 Å². The van der Waals surface area contributed by atoms with Crippen molar-refractivity contribution in [2.75, 3.05) is 31.9 Å². The van der Waals surface area contributed by atoms with E-state index >= 15 is 0 Å². The summed E-state index contributed by atoms with van der Waals surface area (Å²) in [4.78, 5) is 59.5. The first-order chi connectivity index (χ1) is 16.8. The standard InChI is InChI=1S/C23H30N8O5/c1-11(2)19(32)26-13-5-15(28-21(24)34)9-17(7-13)30-23(36)31-18-8-14(27-20(33)12(3)4)6-16(10-18)29-22(25)35/h5-12H,1-4H3,(H,26,32)(H,27,33)(H3,24,28,34)(H3,25,29,35)(H2,30,31,36). The van der Waals surface area contributed by atoms with Crippen molar-refractivity contribution >= 4 is 64.0 Å². The minimum absolute atomic E-state index is 0.234. The molecule has 0 spiro atoms. The summed E-state index contributed by atoms with van der Waals surface area (Å²) in [6.45, 7) is 6.86. The number of hydrogen-bond acceptors (Lipinski definition) is 5. The van der Waals surface area contributed by atoms with Gasteiger partial charge in [-0.1, -0.05) is 27.7 Å². The Bertz CT molecular complexity index is 1090. The zero-order valence-corrected chi connectivity index (χ0v) is 20.3. The van der Waals surface area contributed by atoms with Crippen molar-refractivity contribution in [3.8, 4) is 0 Å². The number of anilines is 6. The first kappa shape index (κ1) is 27.4. The van der Waals surface area contributed by atoms with Gasteiger partial charge >= 0.3 is 18.1 Å². The molecule has 2 aromatic carbocycles. The Balaban J connectivity index is 2.28. The molecule has 13 heteroatoms. The van der Waals surface area contributed by atoms with E-state index in [4.69, 9.17) is 11.5 Å². The van der Waals surface area contributed by atoms with Gasteiger partial charge in [0.15, 0.2) is 0 Å². The summed E-state index contributed by atoms with van der Waals surface area (Å²) in [5.41, 5.74) is 12.0. The van der Waals surface area contributed by atoms with Gasteiger partial charge in [-0.2, -0.15) is 0 Å². The van der Waals surface area contributed by atoms with E-state index in [9.17, 15) is 24.0 Å². The molecular weight excluding hydrogens is 468 g/mol. The minimum Gasteiger partial charge on any atom is -0.351 e. The highest BCUT2D eigenvalue weighted by Crippen LogP contribution is 2.26. The maximum absolute atomic E-state index is 12.7. The number of hydrogen-bond donors (Lipinski definition) is 8. The molecule has 10 N–H and O–H groups in total. The van der Waals surface area contributed by atoms with Crippen LogP contribution in [0.15, 0.2) is 36.4 Å². The monoisotopic (exact) mass is 498 g/mol.